The number of hydrogen-bond donors (Lipinski definition) is 0. The Morgan fingerprint density at radius 3 is 2.31 bits per heavy atom. The van der Waals surface area contributed by atoms with Crippen molar-refractivity contribution in [1.82, 2.24) is 4.90 Å². The zero-order valence-corrected chi connectivity index (χ0v) is 18.6. The van der Waals surface area contributed by atoms with Crippen LogP contribution in [-0.4, -0.2) is 18.0 Å². The fourth-order valence-electron chi connectivity index (χ4n) is 3.79. The summed E-state index contributed by atoms with van der Waals surface area (Å²) in [5.41, 5.74) is 7.25. The second-order valence-corrected chi connectivity index (χ2v) is 8.31. The van der Waals surface area contributed by atoms with Gasteiger partial charge in [-0.3, -0.25) is 0 Å². The predicted octanol–water partition coefficient (Wildman–Crippen LogP) is 7.68. The molecule has 0 spiro atoms. The van der Waals surface area contributed by atoms with Gasteiger partial charge in [0.05, 0.1) is 0 Å². The largest absolute Gasteiger partial charge is 0.375 e. The molecule has 0 aromatic heterocycles. The maximum Gasteiger partial charge on any atom is 0.0229 e. The highest BCUT2D eigenvalue weighted by Crippen LogP contribution is 2.35. The van der Waals surface area contributed by atoms with E-state index in [4.69, 9.17) is 0 Å². The molecule has 26 heavy (non-hydrogen) atoms. The van der Waals surface area contributed by atoms with Crippen LogP contribution in [0.1, 0.15) is 87.0 Å². The molecule has 0 N–H and O–H groups in total. The maximum absolute atomic E-state index is 4.44. The van der Waals surface area contributed by atoms with Crippen LogP contribution >= 0.6 is 0 Å². The van der Waals surface area contributed by atoms with E-state index in [1.54, 1.807) is 11.3 Å². The minimum absolute atomic E-state index is 0.596. The lowest BCUT2D eigenvalue weighted by molar-refractivity contribution is 0.260. The zero-order valence-electron chi connectivity index (χ0n) is 18.6. The Morgan fingerprint density at radius 2 is 1.88 bits per heavy atom. The van der Waals surface area contributed by atoms with Crippen molar-refractivity contribution in [2.45, 2.75) is 87.0 Å². The molecule has 0 bridgehead atoms. The molecule has 0 aliphatic carbocycles. The van der Waals surface area contributed by atoms with Gasteiger partial charge >= 0.3 is 0 Å². The molecule has 1 aliphatic rings. The average Bonchev–Trinajstić information content (AvgIpc) is 2.57. The van der Waals surface area contributed by atoms with E-state index in [0.29, 0.717) is 11.8 Å². The SMILES string of the molecule is C=C(/C=C\C(CC)CCCC)C(C/C(=C1\CCN1CC)C(C)C)=C(C)C. The highest BCUT2D eigenvalue weighted by Gasteiger charge is 2.24. The lowest BCUT2D eigenvalue weighted by Crippen LogP contribution is -2.36. The van der Waals surface area contributed by atoms with Gasteiger partial charge < -0.3 is 4.90 Å². The van der Waals surface area contributed by atoms with E-state index in [-0.39, 0.29) is 0 Å². The number of unbranched alkanes of at least 4 members (excludes halogenated alkanes) is 1. The topological polar surface area (TPSA) is 3.24 Å². The molecule has 1 aliphatic heterocycles. The van der Waals surface area contributed by atoms with Crippen LogP contribution in [0.5, 0.6) is 0 Å². The third-order valence-electron chi connectivity index (χ3n) is 5.83. The maximum atomic E-state index is 4.44. The predicted molar refractivity (Wildman–Crippen MR) is 118 cm³/mol. The summed E-state index contributed by atoms with van der Waals surface area (Å²) in [4.78, 5) is 2.54. The first-order valence-corrected chi connectivity index (χ1v) is 10.9. The number of likely N-dealkylation sites (tertiary alicyclic amines) is 1. The zero-order chi connectivity index (χ0) is 19.7. The summed E-state index contributed by atoms with van der Waals surface area (Å²) in [6, 6.07) is 0. The van der Waals surface area contributed by atoms with Gasteiger partial charge in [-0.2, -0.15) is 0 Å². The smallest absolute Gasteiger partial charge is 0.0229 e. The normalized spacial score (nSPS) is 17.5. The Morgan fingerprint density at radius 1 is 1.19 bits per heavy atom. The molecule has 1 fully saturated rings. The van der Waals surface area contributed by atoms with Crippen LogP contribution in [0.15, 0.2) is 46.7 Å². The Bertz CT molecular complexity index is 539. The van der Waals surface area contributed by atoms with Gasteiger partial charge in [0.1, 0.15) is 0 Å². The van der Waals surface area contributed by atoms with Crippen LogP contribution in [0, 0.1) is 11.8 Å². The first kappa shape index (κ1) is 22.8. The lowest BCUT2D eigenvalue weighted by atomic mass is 9.85. The van der Waals surface area contributed by atoms with Crippen LogP contribution < -0.4 is 0 Å². The third-order valence-corrected chi connectivity index (χ3v) is 5.83. The summed E-state index contributed by atoms with van der Waals surface area (Å²) in [5, 5.41) is 0. The van der Waals surface area contributed by atoms with Gasteiger partial charge in [-0.25, -0.2) is 0 Å². The number of hydrogen-bond acceptors (Lipinski definition) is 1. The van der Waals surface area contributed by atoms with Crippen molar-refractivity contribution < 1.29 is 0 Å². The van der Waals surface area contributed by atoms with Crippen molar-refractivity contribution in [3.8, 4) is 0 Å². The molecule has 1 atom stereocenters. The fourth-order valence-corrected chi connectivity index (χ4v) is 3.79. The van der Waals surface area contributed by atoms with Crippen molar-refractivity contribution >= 4 is 0 Å². The molecule has 0 aromatic rings. The molecule has 148 valence electrons. The van der Waals surface area contributed by atoms with E-state index in [0.717, 1.165) is 13.0 Å². The molecule has 0 aromatic carbocycles. The molecule has 1 nitrogen and oxygen atoms in total. The Balaban J connectivity index is 2.95. The highest BCUT2D eigenvalue weighted by atomic mass is 15.2. The number of nitrogens with zero attached hydrogens (tertiary/aromatic N) is 1. The highest BCUT2D eigenvalue weighted by molar-refractivity contribution is 5.44. The summed E-state index contributed by atoms with van der Waals surface area (Å²) in [6.45, 7) is 22.8. The summed E-state index contributed by atoms with van der Waals surface area (Å²) in [5.74, 6) is 1.29. The minimum atomic E-state index is 0.596. The van der Waals surface area contributed by atoms with Crippen LogP contribution in [0.2, 0.25) is 0 Å². The first-order valence-electron chi connectivity index (χ1n) is 10.9. The quantitative estimate of drug-likeness (QED) is 0.343. The van der Waals surface area contributed by atoms with Gasteiger partial charge in [0.15, 0.2) is 0 Å². The summed E-state index contributed by atoms with van der Waals surface area (Å²) >= 11 is 0. The van der Waals surface area contributed by atoms with Gasteiger partial charge in [-0.15, -0.1) is 0 Å². The molecule has 1 heteroatoms. The van der Waals surface area contributed by atoms with Crippen molar-refractivity contribution in [1.29, 1.82) is 0 Å². The van der Waals surface area contributed by atoms with Gasteiger partial charge in [-0.05, 0) is 68.6 Å². The van der Waals surface area contributed by atoms with Gasteiger partial charge in [0.25, 0.3) is 0 Å². The van der Waals surface area contributed by atoms with E-state index in [2.05, 4.69) is 72.1 Å². The summed E-state index contributed by atoms with van der Waals surface area (Å²) < 4.78 is 0. The second-order valence-electron chi connectivity index (χ2n) is 8.31. The second kappa shape index (κ2) is 11.5. The van der Waals surface area contributed by atoms with E-state index in [1.165, 1.54) is 55.4 Å². The molecule has 0 radical (unpaired) electrons. The van der Waals surface area contributed by atoms with E-state index in [9.17, 15) is 0 Å². The monoisotopic (exact) mass is 357 g/mol. The standard InChI is InChI=1S/C25H43N/c1-9-12-13-22(10-2)15-14-21(8)23(19(4)5)18-24(20(6)7)25-16-17-26(25)11-3/h14-15,20,22H,8-13,16-18H2,1-7H3/b15-14-,25-24-. The summed E-state index contributed by atoms with van der Waals surface area (Å²) in [6.07, 6.45) is 12.1. The molecule has 1 unspecified atom stereocenters. The average molecular weight is 358 g/mol. The number of allylic oxidation sites excluding steroid dienone is 6. The molecular formula is C25H43N. The lowest BCUT2D eigenvalue weighted by Gasteiger charge is -2.39. The molecule has 0 saturated carbocycles. The van der Waals surface area contributed by atoms with Crippen molar-refractivity contribution in [2.75, 3.05) is 13.1 Å². The molecule has 0 amide bonds. The molecular weight excluding hydrogens is 314 g/mol. The van der Waals surface area contributed by atoms with Crippen LogP contribution in [-0.2, 0) is 0 Å². The number of rotatable bonds is 11. The Hall–Kier alpha value is -1.24. The molecule has 1 saturated heterocycles. The fraction of sp³-hybridized carbons (Fsp3) is 0.680. The Kier molecular flexibility index (Phi) is 10.1. The van der Waals surface area contributed by atoms with Gasteiger partial charge in [-0.1, -0.05) is 64.8 Å². The van der Waals surface area contributed by atoms with Crippen molar-refractivity contribution in [3.05, 3.63) is 46.7 Å². The van der Waals surface area contributed by atoms with Gasteiger partial charge in [0.2, 0.25) is 0 Å². The van der Waals surface area contributed by atoms with Crippen LogP contribution in [0.3, 0.4) is 0 Å². The Labute approximate surface area is 163 Å². The van der Waals surface area contributed by atoms with E-state index >= 15 is 0 Å². The minimum Gasteiger partial charge on any atom is -0.375 e. The van der Waals surface area contributed by atoms with Gasteiger partial charge in [0, 0.05) is 25.2 Å². The van der Waals surface area contributed by atoms with Crippen molar-refractivity contribution in [3.63, 3.8) is 0 Å². The third kappa shape index (κ3) is 6.49. The first-order chi connectivity index (χ1) is 12.3. The van der Waals surface area contributed by atoms with Crippen molar-refractivity contribution in [2.24, 2.45) is 11.8 Å². The van der Waals surface area contributed by atoms with Crippen LogP contribution in [0.4, 0.5) is 0 Å². The molecule has 1 heterocycles. The molecule has 1 rings (SSSR count). The van der Waals surface area contributed by atoms with Crippen LogP contribution in [0.25, 0.3) is 0 Å². The summed E-state index contributed by atoms with van der Waals surface area (Å²) in [7, 11) is 0. The van der Waals surface area contributed by atoms with E-state index < -0.39 is 0 Å². The van der Waals surface area contributed by atoms with E-state index in [1.807, 2.05) is 0 Å².